The SMILES string of the molecule is CCc1cc(Br)ccc1NC(=O)C(C)CC. The smallest absolute Gasteiger partial charge is 0.227 e. The molecule has 1 aromatic carbocycles. The molecule has 3 heteroatoms. The lowest BCUT2D eigenvalue weighted by Crippen LogP contribution is -2.20. The molecule has 1 aromatic rings. The van der Waals surface area contributed by atoms with Gasteiger partial charge in [0.15, 0.2) is 0 Å². The minimum absolute atomic E-state index is 0.0633. The molecule has 0 aliphatic heterocycles. The number of rotatable bonds is 4. The highest BCUT2D eigenvalue weighted by atomic mass is 79.9. The predicted octanol–water partition coefficient (Wildman–Crippen LogP) is 4.00. The summed E-state index contributed by atoms with van der Waals surface area (Å²) >= 11 is 3.43. The van der Waals surface area contributed by atoms with Crippen molar-refractivity contribution in [1.29, 1.82) is 0 Å². The summed E-state index contributed by atoms with van der Waals surface area (Å²) in [6.07, 6.45) is 1.78. The molecule has 16 heavy (non-hydrogen) atoms. The van der Waals surface area contributed by atoms with Crippen molar-refractivity contribution in [3.05, 3.63) is 28.2 Å². The van der Waals surface area contributed by atoms with Crippen molar-refractivity contribution in [3.63, 3.8) is 0 Å². The normalized spacial score (nSPS) is 12.2. The van der Waals surface area contributed by atoms with E-state index in [1.807, 2.05) is 32.0 Å². The molecule has 0 aliphatic rings. The Labute approximate surface area is 106 Å². The Morgan fingerprint density at radius 2 is 2.12 bits per heavy atom. The number of hydrogen-bond acceptors (Lipinski definition) is 1. The molecule has 0 spiro atoms. The summed E-state index contributed by atoms with van der Waals surface area (Å²) in [4.78, 5) is 11.8. The Balaban J connectivity index is 2.84. The van der Waals surface area contributed by atoms with E-state index in [4.69, 9.17) is 0 Å². The first-order chi connectivity index (χ1) is 7.58. The maximum atomic E-state index is 11.8. The van der Waals surface area contributed by atoms with Gasteiger partial charge in [0.2, 0.25) is 5.91 Å². The molecule has 1 unspecified atom stereocenters. The van der Waals surface area contributed by atoms with Crippen molar-refractivity contribution in [1.82, 2.24) is 0 Å². The average Bonchev–Trinajstić information content (AvgIpc) is 2.30. The first-order valence-corrected chi connectivity index (χ1v) is 6.47. The van der Waals surface area contributed by atoms with E-state index in [0.717, 1.165) is 28.6 Å². The van der Waals surface area contributed by atoms with Gasteiger partial charge in [0.05, 0.1) is 0 Å². The average molecular weight is 284 g/mol. The highest BCUT2D eigenvalue weighted by Gasteiger charge is 2.12. The van der Waals surface area contributed by atoms with Gasteiger partial charge in [-0.2, -0.15) is 0 Å². The van der Waals surface area contributed by atoms with Gasteiger partial charge >= 0.3 is 0 Å². The Morgan fingerprint density at radius 3 is 2.69 bits per heavy atom. The van der Waals surface area contributed by atoms with Gasteiger partial charge < -0.3 is 5.32 Å². The summed E-state index contributed by atoms with van der Waals surface area (Å²) in [6.45, 7) is 6.05. The summed E-state index contributed by atoms with van der Waals surface area (Å²) in [5.41, 5.74) is 2.09. The van der Waals surface area contributed by atoms with Crippen LogP contribution >= 0.6 is 15.9 Å². The molecule has 88 valence electrons. The Kier molecular flexibility index (Phi) is 5.00. The number of aryl methyl sites for hydroxylation is 1. The van der Waals surface area contributed by atoms with Gasteiger partial charge in [-0.3, -0.25) is 4.79 Å². The molecule has 0 bridgehead atoms. The largest absolute Gasteiger partial charge is 0.326 e. The number of nitrogens with one attached hydrogen (secondary N) is 1. The second-order valence-corrected chi connectivity index (χ2v) is 4.87. The van der Waals surface area contributed by atoms with Crippen LogP contribution < -0.4 is 5.32 Å². The summed E-state index contributed by atoms with van der Waals surface area (Å²) < 4.78 is 1.05. The number of carbonyl (C=O) groups excluding carboxylic acids is 1. The van der Waals surface area contributed by atoms with E-state index in [2.05, 4.69) is 28.2 Å². The molecular weight excluding hydrogens is 266 g/mol. The second kappa shape index (κ2) is 6.04. The molecule has 0 saturated heterocycles. The van der Waals surface area contributed by atoms with E-state index in [1.54, 1.807) is 0 Å². The highest BCUT2D eigenvalue weighted by molar-refractivity contribution is 9.10. The van der Waals surface area contributed by atoms with Crippen molar-refractivity contribution in [2.45, 2.75) is 33.6 Å². The molecular formula is C13H18BrNO. The Bertz CT molecular complexity index is 376. The first-order valence-electron chi connectivity index (χ1n) is 5.67. The van der Waals surface area contributed by atoms with Crippen LogP contribution in [0.5, 0.6) is 0 Å². The van der Waals surface area contributed by atoms with E-state index in [-0.39, 0.29) is 11.8 Å². The standard InChI is InChI=1S/C13H18BrNO/c1-4-9(3)13(16)15-12-7-6-11(14)8-10(12)5-2/h6-9H,4-5H2,1-3H3,(H,15,16). The summed E-state index contributed by atoms with van der Waals surface area (Å²) in [5.74, 6) is 0.160. The van der Waals surface area contributed by atoms with Gasteiger partial charge in [-0.1, -0.05) is 36.7 Å². The second-order valence-electron chi connectivity index (χ2n) is 3.95. The third-order valence-corrected chi connectivity index (χ3v) is 3.26. The quantitative estimate of drug-likeness (QED) is 0.889. The summed E-state index contributed by atoms with van der Waals surface area (Å²) in [6, 6.07) is 5.95. The zero-order valence-corrected chi connectivity index (χ0v) is 11.6. The zero-order chi connectivity index (χ0) is 12.1. The number of anilines is 1. The van der Waals surface area contributed by atoms with Crippen LogP contribution in [0.4, 0.5) is 5.69 Å². The first kappa shape index (κ1) is 13.2. The molecule has 1 N–H and O–H groups in total. The molecule has 0 aliphatic carbocycles. The van der Waals surface area contributed by atoms with Gasteiger partial charge in [-0.15, -0.1) is 0 Å². The lowest BCUT2D eigenvalue weighted by atomic mass is 10.1. The van der Waals surface area contributed by atoms with Crippen LogP contribution in [0.2, 0.25) is 0 Å². The number of benzene rings is 1. The third-order valence-electron chi connectivity index (χ3n) is 2.77. The maximum Gasteiger partial charge on any atom is 0.227 e. The lowest BCUT2D eigenvalue weighted by Gasteiger charge is -2.13. The fourth-order valence-corrected chi connectivity index (χ4v) is 1.83. The van der Waals surface area contributed by atoms with E-state index >= 15 is 0 Å². The number of halogens is 1. The lowest BCUT2D eigenvalue weighted by molar-refractivity contribution is -0.119. The van der Waals surface area contributed by atoms with Gasteiger partial charge in [0.1, 0.15) is 0 Å². The van der Waals surface area contributed by atoms with E-state index in [9.17, 15) is 4.79 Å². The van der Waals surface area contributed by atoms with Crippen molar-refractivity contribution >= 4 is 27.5 Å². The van der Waals surface area contributed by atoms with E-state index in [1.165, 1.54) is 0 Å². The minimum atomic E-state index is 0.0633. The van der Waals surface area contributed by atoms with Crippen molar-refractivity contribution < 1.29 is 4.79 Å². The molecule has 1 amide bonds. The van der Waals surface area contributed by atoms with Crippen LogP contribution in [0.3, 0.4) is 0 Å². The molecule has 2 nitrogen and oxygen atoms in total. The predicted molar refractivity (Wildman–Crippen MR) is 71.6 cm³/mol. The molecule has 0 fully saturated rings. The van der Waals surface area contributed by atoms with Crippen molar-refractivity contribution in [3.8, 4) is 0 Å². The third kappa shape index (κ3) is 3.34. The Hall–Kier alpha value is -0.830. The number of amides is 1. The van der Waals surface area contributed by atoms with Gasteiger partial charge in [0, 0.05) is 16.1 Å². The van der Waals surface area contributed by atoms with Crippen LogP contribution in [0.15, 0.2) is 22.7 Å². The maximum absolute atomic E-state index is 11.8. The molecule has 0 aromatic heterocycles. The fraction of sp³-hybridized carbons (Fsp3) is 0.462. The van der Waals surface area contributed by atoms with Crippen LogP contribution in [0, 0.1) is 5.92 Å². The van der Waals surface area contributed by atoms with Crippen LogP contribution in [-0.2, 0) is 11.2 Å². The van der Waals surface area contributed by atoms with Gasteiger partial charge in [-0.05, 0) is 36.6 Å². The van der Waals surface area contributed by atoms with Crippen LogP contribution in [-0.4, -0.2) is 5.91 Å². The van der Waals surface area contributed by atoms with Crippen LogP contribution in [0.1, 0.15) is 32.8 Å². The van der Waals surface area contributed by atoms with Crippen LogP contribution in [0.25, 0.3) is 0 Å². The summed E-state index contributed by atoms with van der Waals surface area (Å²) in [5, 5.41) is 2.98. The topological polar surface area (TPSA) is 29.1 Å². The van der Waals surface area contributed by atoms with Crippen molar-refractivity contribution in [2.75, 3.05) is 5.32 Å². The highest BCUT2D eigenvalue weighted by Crippen LogP contribution is 2.22. The number of carbonyl (C=O) groups is 1. The van der Waals surface area contributed by atoms with Gasteiger partial charge in [0.25, 0.3) is 0 Å². The Morgan fingerprint density at radius 1 is 1.44 bits per heavy atom. The summed E-state index contributed by atoms with van der Waals surface area (Å²) in [7, 11) is 0. The van der Waals surface area contributed by atoms with Crippen molar-refractivity contribution in [2.24, 2.45) is 5.92 Å². The molecule has 1 rings (SSSR count). The fourth-order valence-electron chi connectivity index (χ4n) is 1.42. The molecule has 0 saturated carbocycles. The van der Waals surface area contributed by atoms with Gasteiger partial charge in [-0.25, -0.2) is 0 Å². The molecule has 1 atom stereocenters. The van der Waals surface area contributed by atoms with E-state index in [0.29, 0.717) is 0 Å². The monoisotopic (exact) mass is 283 g/mol. The molecule has 0 heterocycles. The molecule has 0 radical (unpaired) electrons. The number of hydrogen-bond donors (Lipinski definition) is 1. The minimum Gasteiger partial charge on any atom is -0.326 e. The van der Waals surface area contributed by atoms with E-state index < -0.39 is 0 Å². The zero-order valence-electron chi connectivity index (χ0n) is 10.0.